The maximum absolute atomic E-state index is 13.7. The van der Waals surface area contributed by atoms with Gasteiger partial charge in [-0.2, -0.15) is 0 Å². The van der Waals surface area contributed by atoms with Crippen LogP contribution in [0.1, 0.15) is 49.7 Å². The Kier molecular flexibility index (Phi) is 10.0. The summed E-state index contributed by atoms with van der Waals surface area (Å²) < 4.78 is 5.21. The maximum Gasteiger partial charge on any atom is 0.318 e. The molecule has 1 aliphatic rings. The van der Waals surface area contributed by atoms with Crippen molar-refractivity contribution in [2.75, 3.05) is 33.4 Å². The van der Waals surface area contributed by atoms with Gasteiger partial charge in [0.2, 0.25) is 5.91 Å². The molecule has 0 bridgehead atoms. The van der Waals surface area contributed by atoms with Gasteiger partial charge in [0.15, 0.2) is 0 Å². The fourth-order valence-electron chi connectivity index (χ4n) is 5.12. The average Bonchev–Trinajstić information content (AvgIpc) is 3.34. The van der Waals surface area contributed by atoms with Crippen molar-refractivity contribution in [3.05, 3.63) is 71.9 Å². The first-order valence-electron chi connectivity index (χ1n) is 13.5. The Hall–Kier alpha value is -3.32. The van der Waals surface area contributed by atoms with Gasteiger partial charge in [0.25, 0.3) is 0 Å². The number of rotatable bonds is 12. The lowest BCUT2D eigenvalue weighted by molar-refractivity contribution is -0.132. The van der Waals surface area contributed by atoms with Crippen LogP contribution in [0.15, 0.2) is 60.8 Å². The third-order valence-corrected chi connectivity index (χ3v) is 7.22. The van der Waals surface area contributed by atoms with E-state index in [9.17, 15) is 9.59 Å². The number of nitrogens with one attached hydrogen (secondary N) is 2. The molecule has 0 unspecified atom stereocenters. The summed E-state index contributed by atoms with van der Waals surface area (Å²) in [5.74, 6) is -0.0418. The molecule has 1 aromatic heterocycles. The van der Waals surface area contributed by atoms with Crippen LogP contribution < -0.4 is 5.32 Å². The van der Waals surface area contributed by atoms with E-state index in [-0.39, 0.29) is 24.5 Å². The Balaban J connectivity index is 1.46. The molecule has 3 aromatic rings. The van der Waals surface area contributed by atoms with Gasteiger partial charge in [0.05, 0.1) is 0 Å². The van der Waals surface area contributed by atoms with Crippen LogP contribution in [-0.2, 0) is 22.5 Å². The average molecular weight is 505 g/mol. The first kappa shape index (κ1) is 26.7. The van der Waals surface area contributed by atoms with Crippen molar-refractivity contribution < 1.29 is 14.3 Å². The Morgan fingerprint density at radius 1 is 0.973 bits per heavy atom. The number of carbonyl (C=O) groups excluding carboxylic acids is 2. The van der Waals surface area contributed by atoms with Crippen LogP contribution in [0.3, 0.4) is 0 Å². The van der Waals surface area contributed by atoms with Gasteiger partial charge in [-0.25, -0.2) is 4.79 Å². The van der Waals surface area contributed by atoms with Crippen LogP contribution >= 0.6 is 0 Å². The third kappa shape index (κ3) is 7.83. The quantitative estimate of drug-likeness (QED) is 0.336. The largest absolute Gasteiger partial charge is 0.385 e. The van der Waals surface area contributed by atoms with Gasteiger partial charge in [-0.3, -0.25) is 4.79 Å². The molecule has 7 nitrogen and oxygen atoms in total. The van der Waals surface area contributed by atoms with E-state index in [4.69, 9.17) is 4.74 Å². The van der Waals surface area contributed by atoms with E-state index in [2.05, 4.69) is 22.4 Å². The number of nitrogens with zero attached hydrogens (tertiary/aromatic N) is 2. The minimum atomic E-state index is -0.146. The van der Waals surface area contributed by atoms with Crippen LogP contribution in [0.4, 0.5) is 4.79 Å². The summed E-state index contributed by atoms with van der Waals surface area (Å²) in [6, 6.07) is 18.3. The van der Waals surface area contributed by atoms with Crippen molar-refractivity contribution in [2.24, 2.45) is 0 Å². The zero-order valence-electron chi connectivity index (χ0n) is 22.0. The second kappa shape index (κ2) is 13.8. The molecule has 3 amide bonds. The molecule has 198 valence electrons. The number of aromatic nitrogens is 1. The van der Waals surface area contributed by atoms with Crippen molar-refractivity contribution >= 4 is 22.8 Å². The summed E-state index contributed by atoms with van der Waals surface area (Å²) in [4.78, 5) is 33.8. The fraction of sp³-hybridized carbons (Fsp3) is 0.467. The zero-order chi connectivity index (χ0) is 25.9. The molecule has 1 fully saturated rings. The first-order valence-corrected chi connectivity index (χ1v) is 13.5. The van der Waals surface area contributed by atoms with Crippen LogP contribution in [0.5, 0.6) is 0 Å². The summed E-state index contributed by atoms with van der Waals surface area (Å²) >= 11 is 0. The van der Waals surface area contributed by atoms with Crippen LogP contribution in [-0.4, -0.2) is 66.1 Å². The molecule has 0 spiro atoms. The number of urea groups is 1. The van der Waals surface area contributed by atoms with Crippen LogP contribution in [0.25, 0.3) is 10.9 Å². The monoisotopic (exact) mass is 504 g/mol. The molecule has 1 heterocycles. The van der Waals surface area contributed by atoms with Gasteiger partial charge in [-0.15, -0.1) is 0 Å². The van der Waals surface area contributed by atoms with Gasteiger partial charge in [0, 0.05) is 56.5 Å². The summed E-state index contributed by atoms with van der Waals surface area (Å²) in [5.41, 5.74) is 3.36. The molecule has 0 radical (unpaired) electrons. The van der Waals surface area contributed by atoms with E-state index >= 15 is 0 Å². The molecule has 4 rings (SSSR count). The van der Waals surface area contributed by atoms with Crippen LogP contribution in [0.2, 0.25) is 0 Å². The van der Waals surface area contributed by atoms with Crippen molar-refractivity contribution in [3.63, 3.8) is 0 Å². The molecule has 1 aliphatic carbocycles. The number of H-pyrrole nitrogens is 1. The summed E-state index contributed by atoms with van der Waals surface area (Å²) in [6.07, 6.45) is 9.00. The van der Waals surface area contributed by atoms with Crippen molar-refractivity contribution in [2.45, 2.75) is 57.5 Å². The summed E-state index contributed by atoms with van der Waals surface area (Å²) in [5, 5.41) is 4.37. The van der Waals surface area contributed by atoms with E-state index in [0.29, 0.717) is 32.7 Å². The van der Waals surface area contributed by atoms with Crippen LogP contribution in [0, 0.1) is 0 Å². The Morgan fingerprint density at radius 3 is 2.51 bits per heavy atom. The van der Waals surface area contributed by atoms with Crippen molar-refractivity contribution in [1.82, 2.24) is 20.1 Å². The lowest BCUT2D eigenvalue weighted by Crippen LogP contribution is -2.50. The Bertz CT molecular complexity index is 1120. The number of carbonyl (C=O) groups is 2. The molecule has 37 heavy (non-hydrogen) atoms. The van der Waals surface area contributed by atoms with E-state index in [0.717, 1.165) is 43.2 Å². The highest BCUT2D eigenvalue weighted by Crippen LogP contribution is 2.20. The van der Waals surface area contributed by atoms with E-state index in [1.165, 1.54) is 17.4 Å². The summed E-state index contributed by atoms with van der Waals surface area (Å²) in [7, 11) is 1.66. The smallest absolute Gasteiger partial charge is 0.318 e. The number of aromatic amines is 1. The SMILES string of the molecule is COCCCN(CC(=O)N(CCc1c[nH]c2ccccc12)Cc1ccccc1)C(=O)NC1CCCCC1. The number of hydrogen-bond donors (Lipinski definition) is 2. The Morgan fingerprint density at radius 2 is 1.73 bits per heavy atom. The van der Waals surface area contributed by atoms with E-state index in [1.54, 1.807) is 12.0 Å². The molecule has 0 saturated heterocycles. The highest BCUT2D eigenvalue weighted by molar-refractivity contribution is 5.85. The minimum absolute atomic E-state index is 0.0418. The lowest BCUT2D eigenvalue weighted by atomic mass is 9.96. The molecular formula is C30H40N4O3. The number of para-hydroxylation sites is 1. The normalized spacial score (nSPS) is 14.0. The zero-order valence-corrected chi connectivity index (χ0v) is 22.0. The molecular weight excluding hydrogens is 464 g/mol. The van der Waals surface area contributed by atoms with Gasteiger partial charge in [-0.05, 0) is 42.9 Å². The number of methoxy groups -OCH3 is 1. The Labute approximate surface area is 220 Å². The van der Waals surface area contributed by atoms with Crippen molar-refractivity contribution in [1.29, 1.82) is 0 Å². The molecule has 0 atom stereocenters. The standard InChI is InChI=1S/C30H40N4O3/c1-37-20-10-18-34(30(36)32-26-13-6-3-7-14-26)23-29(35)33(22-24-11-4-2-5-12-24)19-17-25-21-31-28-16-9-8-15-27(25)28/h2,4-5,8-9,11-12,15-16,21,26,31H,3,6-7,10,13-14,17-20,22-23H2,1H3,(H,32,36). The van der Waals surface area contributed by atoms with E-state index < -0.39 is 0 Å². The first-order chi connectivity index (χ1) is 18.1. The van der Waals surface area contributed by atoms with Gasteiger partial charge >= 0.3 is 6.03 Å². The molecule has 1 saturated carbocycles. The number of amides is 3. The minimum Gasteiger partial charge on any atom is -0.385 e. The fourth-order valence-corrected chi connectivity index (χ4v) is 5.12. The van der Waals surface area contributed by atoms with Gasteiger partial charge in [-0.1, -0.05) is 67.8 Å². The van der Waals surface area contributed by atoms with E-state index in [1.807, 2.05) is 53.6 Å². The second-order valence-corrected chi connectivity index (χ2v) is 9.96. The van der Waals surface area contributed by atoms with Crippen molar-refractivity contribution in [3.8, 4) is 0 Å². The predicted octanol–water partition coefficient (Wildman–Crippen LogP) is 5.12. The molecule has 2 N–H and O–H groups in total. The topological polar surface area (TPSA) is 77.7 Å². The molecule has 0 aliphatic heterocycles. The molecule has 2 aromatic carbocycles. The second-order valence-electron chi connectivity index (χ2n) is 9.96. The number of ether oxygens (including phenoxy) is 1. The molecule has 7 heteroatoms. The number of hydrogen-bond acceptors (Lipinski definition) is 3. The van der Waals surface area contributed by atoms with Gasteiger partial charge < -0.3 is 24.8 Å². The third-order valence-electron chi connectivity index (χ3n) is 7.22. The van der Waals surface area contributed by atoms with Gasteiger partial charge in [0.1, 0.15) is 6.54 Å². The number of benzene rings is 2. The lowest BCUT2D eigenvalue weighted by Gasteiger charge is -2.30. The highest BCUT2D eigenvalue weighted by Gasteiger charge is 2.24. The number of fused-ring (bicyclic) bond motifs is 1. The summed E-state index contributed by atoms with van der Waals surface area (Å²) in [6.45, 7) is 2.18. The maximum atomic E-state index is 13.7. The predicted molar refractivity (Wildman–Crippen MR) is 147 cm³/mol. The highest BCUT2D eigenvalue weighted by atomic mass is 16.5.